The van der Waals surface area contributed by atoms with Crippen LogP contribution >= 0.6 is 0 Å². The van der Waals surface area contributed by atoms with E-state index >= 15 is 0 Å². The van der Waals surface area contributed by atoms with Crippen LogP contribution in [-0.4, -0.2) is 22.6 Å². The Morgan fingerprint density at radius 1 is 1.35 bits per heavy atom. The second-order valence-electron chi connectivity index (χ2n) is 9.01. The van der Waals surface area contributed by atoms with Crippen LogP contribution < -0.4 is 0 Å². The van der Waals surface area contributed by atoms with E-state index in [4.69, 9.17) is 4.74 Å². The van der Waals surface area contributed by atoms with Gasteiger partial charge in [-0.3, -0.25) is 9.59 Å². The molecule has 23 heavy (non-hydrogen) atoms. The van der Waals surface area contributed by atoms with Crippen molar-refractivity contribution in [3.63, 3.8) is 0 Å². The van der Waals surface area contributed by atoms with Crippen molar-refractivity contribution in [3.05, 3.63) is 12.2 Å². The molecule has 5 rings (SSSR count). The number of ether oxygens (including phenoxy) is 1. The highest BCUT2D eigenvalue weighted by Crippen LogP contribution is 2.77. The van der Waals surface area contributed by atoms with Crippen molar-refractivity contribution in [2.75, 3.05) is 0 Å². The van der Waals surface area contributed by atoms with E-state index in [1.807, 2.05) is 6.92 Å². The molecule has 1 N–H and O–H groups in total. The van der Waals surface area contributed by atoms with Crippen molar-refractivity contribution >= 4 is 11.9 Å². The minimum Gasteiger partial charge on any atom is -0.481 e. The van der Waals surface area contributed by atoms with Crippen molar-refractivity contribution in [1.29, 1.82) is 0 Å². The van der Waals surface area contributed by atoms with Gasteiger partial charge in [-0.15, -0.1) is 0 Å². The molecule has 124 valence electrons. The standard InChI is InChI=1S/C19H24O4/c1-10-8-18-9-11(10)4-5-12(18)19-7-3-6-17(2,16(22)23-19)14(19)13(18)15(20)21/h11-14H,1,3-9H2,2H3,(H,20,21)/t11-,12?,13?,14-,17-,18+,19-/m1/s1. The van der Waals surface area contributed by atoms with E-state index in [1.165, 1.54) is 5.57 Å². The van der Waals surface area contributed by atoms with Gasteiger partial charge in [0.05, 0.1) is 11.3 Å². The first-order chi connectivity index (χ1) is 10.9. The van der Waals surface area contributed by atoms with E-state index < -0.39 is 22.9 Å². The largest absolute Gasteiger partial charge is 0.481 e. The summed E-state index contributed by atoms with van der Waals surface area (Å²) < 4.78 is 6.10. The third-order valence-electron chi connectivity index (χ3n) is 8.29. The smallest absolute Gasteiger partial charge is 0.312 e. The van der Waals surface area contributed by atoms with Gasteiger partial charge in [0, 0.05) is 11.8 Å². The van der Waals surface area contributed by atoms with Crippen molar-refractivity contribution in [1.82, 2.24) is 0 Å². The summed E-state index contributed by atoms with van der Waals surface area (Å²) in [5.41, 5.74) is -0.0978. The molecule has 1 aliphatic heterocycles. The SMILES string of the molecule is C=C1C[C@]23C[C@H]1CCC2[C@@]12CCC[C@@](C)(C(=O)O1)[C@H]2C3C(=O)O. The van der Waals surface area contributed by atoms with Crippen molar-refractivity contribution in [3.8, 4) is 0 Å². The molecule has 1 heterocycles. The lowest BCUT2D eigenvalue weighted by Crippen LogP contribution is -2.47. The van der Waals surface area contributed by atoms with E-state index in [0.29, 0.717) is 5.92 Å². The Balaban J connectivity index is 1.75. The number of esters is 1. The van der Waals surface area contributed by atoms with Crippen molar-refractivity contribution in [2.45, 2.75) is 57.5 Å². The summed E-state index contributed by atoms with van der Waals surface area (Å²) in [6, 6.07) is 0. The number of rotatable bonds is 1. The van der Waals surface area contributed by atoms with Crippen LogP contribution in [0.2, 0.25) is 0 Å². The van der Waals surface area contributed by atoms with E-state index in [-0.39, 0.29) is 23.2 Å². The maximum Gasteiger partial charge on any atom is 0.312 e. The molecule has 0 aromatic rings. The zero-order chi connectivity index (χ0) is 16.2. The van der Waals surface area contributed by atoms with E-state index in [1.54, 1.807) is 0 Å². The molecule has 1 spiro atoms. The molecule has 0 aromatic heterocycles. The molecular weight excluding hydrogens is 292 g/mol. The minimum atomic E-state index is -0.719. The van der Waals surface area contributed by atoms with Gasteiger partial charge in [-0.25, -0.2) is 0 Å². The predicted molar refractivity (Wildman–Crippen MR) is 82.4 cm³/mol. The third kappa shape index (κ3) is 1.29. The van der Waals surface area contributed by atoms with Gasteiger partial charge in [0.2, 0.25) is 0 Å². The Morgan fingerprint density at radius 3 is 2.87 bits per heavy atom. The van der Waals surface area contributed by atoms with Gasteiger partial charge in [-0.2, -0.15) is 0 Å². The molecule has 7 atom stereocenters. The Hall–Kier alpha value is -1.32. The molecule has 5 aliphatic rings. The normalized spacial score (nSPS) is 56.2. The van der Waals surface area contributed by atoms with Gasteiger partial charge < -0.3 is 9.84 Å². The maximum absolute atomic E-state index is 12.7. The summed E-state index contributed by atoms with van der Waals surface area (Å²) in [6.45, 7) is 6.22. The molecule has 0 aromatic carbocycles. The molecule has 1 saturated heterocycles. The first kappa shape index (κ1) is 14.1. The van der Waals surface area contributed by atoms with Gasteiger partial charge in [-0.1, -0.05) is 12.2 Å². The average molecular weight is 316 g/mol. The zero-order valence-electron chi connectivity index (χ0n) is 13.6. The maximum atomic E-state index is 12.7. The fraction of sp³-hybridized carbons (Fsp3) is 0.789. The second-order valence-corrected chi connectivity index (χ2v) is 9.01. The highest BCUT2D eigenvalue weighted by Gasteiger charge is 2.81. The summed E-state index contributed by atoms with van der Waals surface area (Å²) in [5.74, 6) is -0.771. The Bertz CT molecular complexity index is 654. The number of aliphatic carboxylic acids is 1. The number of fused-ring (bicyclic) bond motifs is 1. The molecule has 4 nitrogen and oxygen atoms in total. The molecule has 4 aliphatic carbocycles. The summed E-state index contributed by atoms with van der Waals surface area (Å²) in [4.78, 5) is 25.0. The average Bonchev–Trinajstić information content (AvgIpc) is 2.92. The van der Waals surface area contributed by atoms with Crippen LogP contribution in [-0.2, 0) is 14.3 Å². The van der Waals surface area contributed by atoms with Crippen molar-refractivity contribution < 1.29 is 19.4 Å². The zero-order valence-corrected chi connectivity index (χ0v) is 13.6. The fourth-order valence-corrected chi connectivity index (χ4v) is 7.70. The Kier molecular flexibility index (Phi) is 2.35. The molecular formula is C19H24O4. The molecule has 5 fully saturated rings. The monoisotopic (exact) mass is 316 g/mol. The summed E-state index contributed by atoms with van der Waals surface area (Å²) in [5, 5.41) is 10.2. The Labute approximate surface area is 136 Å². The van der Waals surface area contributed by atoms with Crippen LogP contribution in [0.25, 0.3) is 0 Å². The van der Waals surface area contributed by atoms with Gasteiger partial charge >= 0.3 is 11.9 Å². The molecule has 2 unspecified atom stereocenters. The van der Waals surface area contributed by atoms with Crippen LogP contribution in [0.3, 0.4) is 0 Å². The number of carboxylic acids is 1. The highest BCUT2D eigenvalue weighted by molar-refractivity contribution is 5.84. The quantitative estimate of drug-likeness (QED) is 0.596. The third-order valence-corrected chi connectivity index (χ3v) is 8.29. The number of carboxylic acid groups (broad SMARTS) is 1. The predicted octanol–water partition coefficient (Wildman–Crippen LogP) is 3.17. The van der Waals surface area contributed by atoms with E-state index in [9.17, 15) is 14.7 Å². The Morgan fingerprint density at radius 2 is 2.13 bits per heavy atom. The molecule has 4 heteroatoms. The number of carbonyl (C=O) groups is 2. The highest BCUT2D eigenvalue weighted by atomic mass is 16.6. The first-order valence-corrected chi connectivity index (χ1v) is 8.99. The first-order valence-electron chi connectivity index (χ1n) is 8.99. The molecule has 4 bridgehead atoms. The lowest BCUT2D eigenvalue weighted by atomic mass is 9.60. The molecule has 0 radical (unpaired) electrons. The number of hydrogen-bond donors (Lipinski definition) is 1. The van der Waals surface area contributed by atoms with Gasteiger partial charge in [0.25, 0.3) is 0 Å². The van der Waals surface area contributed by atoms with Gasteiger partial charge in [0.15, 0.2) is 0 Å². The fourth-order valence-electron chi connectivity index (χ4n) is 7.70. The summed E-state index contributed by atoms with van der Waals surface area (Å²) in [7, 11) is 0. The molecule has 0 amide bonds. The summed E-state index contributed by atoms with van der Waals surface area (Å²) in [6.07, 6.45) is 6.45. The molecule has 4 saturated carbocycles. The van der Waals surface area contributed by atoms with Gasteiger partial charge in [-0.05, 0) is 63.2 Å². The number of carbonyl (C=O) groups excluding carboxylic acids is 1. The van der Waals surface area contributed by atoms with Crippen LogP contribution in [0.4, 0.5) is 0 Å². The van der Waals surface area contributed by atoms with Crippen LogP contribution in [0.5, 0.6) is 0 Å². The van der Waals surface area contributed by atoms with E-state index in [0.717, 1.165) is 44.9 Å². The van der Waals surface area contributed by atoms with Crippen LogP contribution in [0.1, 0.15) is 51.9 Å². The minimum absolute atomic E-state index is 0.139. The lowest BCUT2D eigenvalue weighted by molar-refractivity contribution is -0.160. The van der Waals surface area contributed by atoms with Crippen LogP contribution in [0.15, 0.2) is 12.2 Å². The summed E-state index contributed by atoms with van der Waals surface area (Å²) >= 11 is 0. The number of allylic oxidation sites excluding steroid dienone is 1. The lowest BCUT2D eigenvalue weighted by Gasteiger charge is -2.43. The topological polar surface area (TPSA) is 63.6 Å². The number of hydrogen-bond acceptors (Lipinski definition) is 3. The van der Waals surface area contributed by atoms with E-state index in [2.05, 4.69) is 6.58 Å². The second kappa shape index (κ2) is 3.84. The van der Waals surface area contributed by atoms with Crippen molar-refractivity contribution in [2.24, 2.45) is 34.5 Å². The van der Waals surface area contributed by atoms with Crippen LogP contribution in [0, 0.1) is 34.5 Å². The van der Waals surface area contributed by atoms with Gasteiger partial charge in [0.1, 0.15) is 5.60 Å².